The molecule has 0 spiro atoms. The Bertz CT molecular complexity index is 1420. The molecule has 0 aliphatic carbocycles. The van der Waals surface area contributed by atoms with Gasteiger partial charge in [-0.3, -0.25) is 14.8 Å². The highest BCUT2D eigenvalue weighted by molar-refractivity contribution is 6.20. The molecule has 2 N–H and O–H groups in total. The van der Waals surface area contributed by atoms with Crippen LogP contribution in [0.25, 0.3) is 11.6 Å². The standard InChI is InChI=1S/C39H65N5O7/c1-28(2)34(41-8)27-37-31(5)33(39(43-37)32(6)36-25-29(3)35(42-36)26-30(4)40-7)11-12-38(45)44(13-15-48-21-23-50-19-17-46-9)14-16-49-22-24-51-20-18-47-10/h25-27,31,33,41-42H,11-24H2,1-10H3/b35-26-,36-32-,37-27-,40-30+/t31-,33-/m0/s1. The van der Waals surface area contributed by atoms with E-state index in [2.05, 4.69) is 68.1 Å². The number of aryl methyl sites for hydroxylation is 1. The van der Waals surface area contributed by atoms with Crippen LogP contribution in [0.15, 0.2) is 39.1 Å². The average molecular weight is 716 g/mol. The van der Waals surface area contributed by atoms with Crippen molar-refractivity contribution in [1.82, 2.24) is 15.2 Å². The maximum absolute atomic E-state index is 13.8. The predicted octanol–water partition coefficient (Wildman–Crippen LogP) is 3.44. The molecule has 0 saturated carbocycles. The van der Waals surface area contributed by atoms with Crippen LogP contribution in [0.1, 0.15) is 53.0 Å². The summed E-state index contributed by atoms with van der Waals surface area (Å²) in [6.07, 6.45) is 5.25. The summed E-state index contributed by atoms with van der Waals surface area (Å²) >= 11 is 0. The topological polar surface area (TPSA) is 128 Å². The molecule has 1 amide bonds. The van der Waals surface area contributed by atoms with Gasteiger partial charge >= 0.3 is 0 Å². The van der Waals surface area contributed by atoms with Crippen molar-refractivity contribution in [2.45, 2.75) is 54.4 Å². The lowest BCUT2D eigenvalue weighted by Gasteiger charge is -2.25. The smallest absolute Gasteiger partial charge is 0.222 e. The van der Waals surface area contributed by atoms with E-state index in [1.54, 1.807) is 21.3 Å². The van der Waals surface area contributed by atoms with Crippen LogP contribution in [0.5, 0.6) is 0 Å². The second-order valence-electron chi connectivity index (χ2n) is 12.9. The van der Waals surface area contributed by atoms with Gasteiger partial charge in [0.25, 0.3) is 0 Å². The Morgan fingerprint density at radius 3 is 1.96 bits per heavy atom. The van der Waals surface area contributed by atoms with Crippen LogP contribution in [0.2, 0.25) is 0 Å². The van der Waals surface area contributed by atoms with Gasteiger partial charge in [0.1, 0.15) is 0 Å². The van der Waals surface area contributed by atoms with Gasteiger partial charge in [-0.15, -0.1) is 0 Å². The molecular formula is C39H65N5O7. The van der Waals surface area contributed by atoms with E-state index < -0.39 is 0 Å². The Morgan fingerprint density at radius 1 is 0.902 bits per heavy atom. The van der Waals surface area contributed by atoms with Crippen molar-refractivity contribution in [3.63, 3.8) is 0 Å². The van der Waals surface area contributed by atoms with E-state index in [0.29, 0.717) is 92.0 Å². The summed E-state index contributed by atoms with van der Waals surface area (Å²) in [5.74, 6) is 0.255. The number of carbonyl (C=O) groups excluding carboxylic acids is 1. The Labute approximate surface area is 306 Å². The molecule has 2 rings (SSSR count). The number of nitrogens with zero attached hydrogens (tertiary/aromatic N) is 3. The summed E-state index contributed by atoms with van der Waals surface area (Å²) in [5.41, 5.74) is 7.44. The van der Waals surface area contributed by atoms with Gasteiger partial charge in [0.15, 0.2) is 0 Å². The number of amides is 1. The van der Waals surface area contributed by atoms with Crippen LogP contribution in [0, 0.1) is 18.8 Å². The number of nitrogens with one attached hydrogen (secondary N) is 2. The number of aromatic amines is 1. The minimum Gasteiger partial charge on any atom is -0.388 e. The number of rotatable bonds is 25. The number of hydrogen-bond donors (Lipinski definition) is 2. The molecule has 1 aromatic rings. The molecule has 0 aromatic carbocycles. The number of hydrogen-bond acceptors (Lipinski definition) is 10. The van der Waals surface area contributed by atoms with Crippen molar-refractivity contribution in [2.24, 2.45) is 21.8 Å². The Morgan fingerprint density at radius 2 is 1.45 bits per heavy atom. The third-order valence-electron chi connectivity index (χ3n) is 8.96. The first kappa shape index (κ1) is 44.0. The average Bonchev–Trinajstić information content (AvgIpc) is 3.64. The van der Waals surface area contributed by atoms with Crippen molar-refractivity contribution in [1.29, 1.82) is 0 Å². The summed E-state index contributed by atoms with van der Waals surface area (Å²) < 4.78 is 32.6. The minimum atomic E-state index is 0.0632. The molecule has 2 atom stereocenters. The Kier molecular flexibility index (Phi) is 21.5. The fraction of sp³-hybridized carbons (Fsp3) is 0.667. The van der Waals surface area contributed by atoms with E-state index in [0.717, 1.165) is 44.7 Å². The number of likely N-dealkylation sites (N-methyl/N-ethyl adjacent to an activating group) is 1. The van der Waals surface area contributed by atoms with E-state index in [4.69, 9.17) is 33.4 Å². The lowest BCUT2D eigenvalue weighted by Crippen LogP contribution is -2.37. The molecule has 1 aliphatic rings. The summed E-state index contributed by atoms with van der Waals surface area (Å²) in [4.78, 5) is 28.8. The third kappa shape index (κ3) is 15.6. The van der Waals surface area contributed by atoms with Crippen molar-refractivity contribution in [3.05, 3.63) is 45.4 Å². The second kappa shape index (κ2) is 24.9. The van der Waals surface area contributed by atoms with Crippen LogP contribution < -0.4 is 16.0 Å². The van der Waals surface area contributed by atoms with Gasteiger partial charge < -0.3 is 43.6 Å². The first-order chi connectivity index (χ1) is 24.6. The molecule has 288 valence electrons. The number of aliphatic imine (C=N–C) groups is 2. The first-order valence-corrected chi connectivity index (χ1v) is 18.1. The Hall–Kier alpha value is -3.13. The molecule has 1 aromatic heterocycles. The zero-order valence-electron chi connectivity index (χ0n) is 33.0. The molecule has 12 nitrogen and oxygen atoms in total. The number of methoxy groups -OCH3 is 2. The molecular weight excluding hydrogens is 650 g/mol. The molecule has 2 heterocycles. The fourth-order valence-electron chi connectivity index (χ4n) is 5.71. The van der Waals surface area contributed by atoms with Crippen LogP contribution in [-0.2, 0) is 33.2 Å². The van der Waals surface area contributed by atoms with E-state index in [1.165, 1.54) is 5.57 Å². The molecule has 0 unspecified atom stereocenters. The molecule has 0 radical (unpaired) electrons. The normalized spacial score (nSPS) is 18.0. The zero-order valence-corrected chi connectivity index (χ0v) is 33.0. The van der Waals surface area contributed by atoms with Crippen molar-refractivity contribution in [2.75, 3.05) is 107 Å². The number of ether oxygens (including phenoxy) is 6. The number of H-pyrrole nitrogens is 1. The fourth-order valence-corrected chi connectivity index (χ4v) is 5.71. The first-order valence-electron chi connectivity index (χ1n) is 18.1. The number of allylic oxidation sites excluding steroid dienone is 3. The lowest BCUT2D eigenvalue weighted by atomic mass is 9.84. The molecule has 1 aliphatic heterocycles. The monoisotopic (exact) mass is 715 g/mol. The molecule has 0 fully saturated rings. The van der Waals surface area contributed by atoms with Gasteiger partial charge in [0.05, 0.1) is 66.1 Å². The SMILES string of the molecule is C/N=C(C)/C=c1\[nH]/c(=C(/C)C2=N/C(=C\C(NC)=C(C)C)[C@@H](C)[C@@H]2CCC(=O)N(CCOCCOCCOC)CCOCCOCCOC)cc1C. The van der Waals surface area contributed by atoms with Crippen molar-refractivity contribution < 1.29 is 33.2 Å². The van der Waals surface area contributed by atoms with Crippen LogP contribution in [0.3, 0.4) is 0 Å². The van der Waals surface area contributed by atoms with E-state index in [1.807, 2.05) is 18.9 Å². The Balaban J connectivity index is 2.26. The van der Waals surface area contributed by atoms with E-state index >= 15 is 0 Å². The number of carbonyl (C=O) groups is 1. The summed E-state index contributed by atoms with van der Waals surface area (Å²) in [5, 5.41) is 5.37. The van der Waals surface area contributed by atoms with Gasteiger partial charge in [0, 0.05) is 93.2 Å². The maximum Gasteiger partial charge on any atom is 0.222 e. The zero-order chi connectivity index (χ0) is 37.6. The predicted molar refractivity (Wildman–Crippen MR) is 206 cm³/mol. The lowest BCUT2D eigenvalue weighted by molar-refractivity contribution is -0.133. The van der Waals surface area contributed by atoms with E-state index in [-0.39, 0.29) is 17.7 Å². The van der Waals surface area contributed by atoms with Crippen LogP contribution >= 0.6 is 0 Å². The van der Waals surface area contributed by atoms with Gasteiger partial charge in [0.2, 0.25) is 5.91 Å². The largest absolute Gasteiger partial charge is 0.388 e. The molecule has 0 bridgehead atoms. The summed E-state index contributed by atoms with van der Waals surface area (Å²) in [7, 11) is 7.02. The van der Waals surface area contributed by atoms with Gasteiger partial charge in [-0.25, -0.2) is 0 Å². The third-order valence-corrected chi connectivity index (χ3v) is 8.96. The quantitative estimate of drug-likeness (QED) is 0.117. The van der Waals surface area contributed by atoms with Crippen molar-refractivity contribution >= 4 is 29.0 Å². The maximum atomic E-state index is 13.8. The molecule has 51 heavy (non-hydrogen) atoms. The minimum absolute atomic E-state index is 0.0632. The highest BCUT2D eigenvalue weighted by atomic mass is 16.5. The second-order valence-corrected chi connectivity index (χ2v) is 12.9. The highest BCUT2D eigenvalue weighted by Crippen LogP contribution is 2.37. The van der Waals surface area contributed by atoms with Gasteiger partial charge in [-0.05, 0) is 70.4 Å². The van der Waals surface area contributed by atoms with Gasteiger partial charge in [-0.1, -0.05) is 12.5 Å². The van der Waals surface area contributed by atoms with Crippen LogP contribution in [0.4, 0.5) is 0 Å². The van der Waals surface area contributed by atoms with E-state index in [9.17, 15) is 4.79 Å². The molecule has 12 heteroatoms. The summed E-state index contributed by atoms with van der Waals surface area (Å²) in [6, 6.07) is 2.17. The molecule has 0 saturated heterocycles. The van der Waals surface area contributed by atoms with Crippen molar-refractivity contribution in [3.8, 4) is 0 Å². The number of aromatic nitrogens is 1. The summed E-state index contributed by atoms with van der Waals surface area (Å²) in [6.45, 7) is 18.4. The van der Waals surface area contributed by atoms with Crippen LogP contribution in [-0.4, -0.2) is 135 Å². The highest BCUT2D eigenvalue weighted by Gasteiger charge is 2.34. The van der Waals surface area contributed by atoms with Gasteiger partial charge in [-0.2, -0.15) is 0 Å².